The van der Waals surface area contributed by atoms with Crippen LogP contribution in [0.1, 0.15) is 16.2 Å². The van der Waals surface area contributed by atoms with Crippen LogP contribution in [-0.4, -0.2) is 45.9 Å². The van der Waals surface area contributed by atoms with Gasteiger partial charge in [0.1, 0.15) is 11.6 Å². The van der Waals surface area contributed by atoms with Gasteiger partial charge in [0.05, 0.1) is 25.5 Å². The van der Waals surface area contributed by atoms with Crippen molar-refractivity contribution in [1.82, 2.24) is 20.6 Å². The molecule has 1 heterocycles. The second-order valence-corrected chi connectivity index (χ2v) is 4.12. The Morgan fingerprint density at radius 2 is 2.26 bits per heavy atom. The summed E-state index contributed by atoms with van der Waals surface area (Å²) in [4.78, 5) is 11.6. The van der Waals surface area contributed by atoms with Gasteiger partial charge in [-0.2, -0.15) is 10.5 Å². The number of phenolic OH excluding ortho intramolecular Hbond substituents is 1. The van der Waals surface area contributed by atoms with Crippen LogP contribution >= 0.6 is 0 Å². The number of methoxy groups -OCH3 is 2. The van der Waals surface area contributed by atoms with Crippen LogP contribution in [-0.2, 0) is 4.74 Å². The van der Waals surface area contributed by atoms with E-state index in [0.29, 0.717) is 0 Å². The Labute approximate surface area is 130 Å². The fraction of sp³-hybridized carbons (Fsp3) is 0.154. The van der Waals surface area contributed by atoms with Crippen LogP contribution in [0.2, 0.25) is 0 Å². The van der Waals surface area contributed by atoms with Crippen LogP contribution in [0, 0.1) is 11.3 Å². The van der Waals surface area contributed by atoms with Crippen molar-refractivity contribution in [1.29, 1.82) is 5.26 Å². The summed E-state index contributed by atoms with van der Waals surface area (Å²) < 4.78 is 9.64. The van der Waals surface area contributed by atoms with E-state index in [1.54, 1.807) is 0 Å². The van der Waals surface area contributed by atoms with E-state index in [4.69, 9.17) is 10.00 Å². The maximum Gasteiger partial charge on any atom is 0.338 e. The smallest absolute Gasteiger partial charge is 0.338 e. The lowest BCUT2D eigenvalue weighted by atomic mass is 10.1. The summed E-state index contributed by atoms with van der Waals surface area (Å²) >= 11 is 0. The first kappa shape index (κ1) is 15.8. The number of tetrazole rings is 1. The molecule has 0 saturated heterocycles. The molecular formula is C13H12N6O4. The summed E-state index contributed by atoms with van der Waals surface area (Å²) in [6.45, 7) is 0. The van der Waals surface area contributed by atoms with Gasteiger partial charge in [-0.1, -0.05) is 0 Å². The number of H-pyrrole nitrogens is 1. The first-order chi connectivity index (χ1) is 11.1. The highest BCUT2D eigenvalue weighted by atomic mass is 16.5. The van der Waals surface area contributed by atoms with Crippen molar-refractivity contribution in [3.63, 3.8) is 0 Å². The van der Waals surface area contributed by atoms with E-state index in [1.165, 1.54) is 32.6 Å². The summed E-state index contributed by atoms with van der Waals surface area (Å²) in [5.74, 6) is -0.687. The van der Waals surface area contributed by atoms with Crippen molar-refractivity contribution in [2.75, 3.05) is 19.5 Å². The number of aromatic hydroxyl groups is 1. The van der Waals surface area contributed by atoms with E-state index in [9.17, 15) is 9.90 Å². The van der Waals surface area contributed by atoms with Crippen LogP contribution < -0.4 is 10.1 Å². The molecule has 1 aromatic carbocycles. The van der Waals surface area contributed by atoms with Gasteiger partial charge in [0.25, 0.3) is 0 Å². The normalized spacial score (nSPS) is 10.7. The number of carbonyl (C=O) groups is 1. The number of nitrogens with one attached hydrogen (secondary N) is 2. The molecule has 0 aliphatic heterocycles. The summed E-state index contributed by atoms with van der Waals surface area (Å²) in [7, 11) is 2.58. The molecule has 0 radical (unpaired) electrons. The number of aromatic nitrogens is 4. The second kappa shape index (κ2) is 6.90. The fourth-order valence-corrected chi connectivity index (χ4v) is 1.68. The Balaban J connectivity index is 2.39. The maximum absolute atomic E-state index is 11.6. The number of anilines is 1. The van der Waals surface area contributed by atoms with Gasteiger partial charge in [-0.3, -0.25) is 0 Å². The van der Waals surface area contributed by atoms with Crippen LogP contribution in [0.25, 0.3) is 5.57 Å². The number of nitriles is 1. The molecule has 0 amide bonds. The third-order valence-corrected chi connectivity index (χ3v) is 2.79. The Bertz CT molecular complexity index is 779. The average Bonchev–Trinajstić information content (AvgIpc) is 3.10. The highest BCUT2D eigenvalue weighted by Gasteiger charge is 2.15. The lowest BCUT2D eigenvalue weighted by Crippen LogP contribution is -2.03. The summed E-state index contributed by atoms with van der Waals surface area (Å²) in [5.41, 5.74) is 0.373. The maximum atomic E-state index is 11.6. The molecule has 0 fully saturated rings. The number of esters is 1. The molecule has 0 unspecified atom stereocenters. The first-order valence-electron chi connectivity index (χ1n) is 6.20. The molecule has 2 rings (SSSR count). The van der Waals surface area contributed by atoms with Gasteiger partial charge in [0.2, 0.25) is 5.82 Å². The van der Waals surface area contributed by atoms with Crippen LogP contribution in [0.4, 0.5) is 5.69 Å². The van der Waals surface area contributed by atoms with Gasteiger partial charge in [0.15, 0.2) is 11.5 Å². The third kappa shape index (κ3) is 3.35. The zero-order chi connectivity index (χ0) is 16.8. The van der Waals surface area contributed by atoms with Crippen molar-refractivity contribution in [3.8, 4) is 17.6 Å². The quantitative estimate of drug-likeness (QED) is 0.411. The van der Waals surface area contributed by atoms with Gasteiger partial charge in [-0.25, -0.2) is 4.79 Å². The number of benzene rings is 1. The van der Waals surface area contributed by atoms with Crippen molar-refractivity contribution in [3.05, 3.63) is 29.7 Å². The molecule has 10 heteroatoms. The third-order valence-electron chi connectivity index (χ3n) is 2.79. The molecule has 0 aliphatic carbocycles. The number of ether oxygens (including phenoxy) is 2. The molecule has 0 bridgehead atoms. The minimum atomic E-state index is -0.603. The number of phenols is 1. The van der Waals surface area contributed by atoms with E-state index in [2.05, 4.69) is 30.7 Å². The molecule has 3 N–H and O–H groups in total. The SMILES string of the molecule is COC(=O)c1cc(NC=C(C#N)c2nn[nH]n2)c(O)c(OC)c1. The molecule has 0 saturated carbocycles. The molecule has 23 heavy (non-hydrogen) atoms. The van der Waals surface area contributed by atoms with Gasteiger partial charge < -0.3 is 19.9 Å². The molecule has 2 aromatic rings. The van der Waals surface area contributed by atoms with Gasteiger partial charge in [-0.05, 0) is 17.3 Å². The zero-order valence-corrected chi connectivity index (χ0v) is 12.2. The molecule has 10 nitrogen and oxygen atoms in total. The van der Waals surface area contributed by atoms with Crippen molar-refractivity contribution < 1.29 is 19.4 Å². The van der Waals surface area contributed by atoms with Gasteiger partial charge >= 0.3 is 5.97 Å². The number of hydrogen-bond acceptors (Lipinski definition) is 9. The van der Waals surface area contributed by atoms with E-state index in [-0.39, 0.29) is 34.1 Å². The van der Waals surface area contributed by atoms with Gasteiger partial charge in [0, 0.05) is 6.20 Å². The molecule has 0 atom stereocenters. The number of rotatable bonds is 5. The van der Waals surface area contributed by atoms with E-state index < -0.39 is 5.97 Å². The lowest BCUT2D eigenvalue weighted by molar-refractivity contribution is 0.0600. The monoisotopic (exact) mass is 316 g/mol. The molecule has 0 spiro atoms. The molecular weight excluding hydrogens is 304 g/mol. The summed E-state index contributed by atoms with van der Waals surface area (Å²) in [6.07, 6.45) is 1.26. The second-order valence-electron chi connectivity index (χ2n) is 4.12. The molecule has 0 aliphatic rings. The number of aromatic amines is 1. The Kier molecular flexibility index (Phi) is 4.73. The van der Waals surface area contributed by atoms with E-state index in [1.807, 2.05) is 6.07 Å². The molecule has 1 aromatic heterocycles. The fourth-order valence-electron chi connectivity index (χ4n) is 1.68. The highest BCUT2D eigenvalue weighted by Crippen LogP contribution is 2.36. The van der Waals surface area contributed by atoms with Crippen molar-refractivity contribution >= 4 is 17.2 Å². The number of nitrogens with zero attached hydrogens (tertiary/aromatic N) is 4. The predicted molar refractivity (Wildman–Crippen MR) is 77.4 cm³/mol. The Morgan fingerprint density at radius 3 is 2.83 bits per heavy atom. The minimum Gasteiger partial charge on any atom is -0.503 e. The Hall–Kier alpha value is -3.61. The lowest BCUT2D eigenvalue weighted by Gasteiger charge is -2.11. The predicted octanol–water partition coefficient (Wildman–Crippen LogP) is 0.677. The van der Waals surface area contributed by atoms with Crippen LogP contribution in [0.5, 0.6) is 11.5 Å². The van der Waals surface area contributed by atoms with Crippen LogP contribution in [0.3, 0.4) is 0 Å². The van der Waals surface area contributed by atoms with Crippen LogP contribution in [0.15, 0.2) is 18.3 Å². The largest absolute Gasteiger partial charge is 0.503 e. The first-order valence-corrected chi connectivity index (χ1v) is 6.20. The van der Waals surface area contributed by atoms with Gasteiger partial charge in [-0.15, -0.1) is 10.2 Å². The summed E-state index contributed by atoms with van der Waals surface area (Å²) in [6, 6.07) is 4.57. The van der Waals surface area contributed by atoms with Crippen molar-refractivity contribution in [2.24, 2.45) is 0 Å². The number of hydrogen-bond donors (Lipinski definition) is 3. The zero-order valence-electron chi connectivity index (χ0n) is 12.2. The standard InChI is InChI=1S/C13H12N6O4/c1-22-10-4-7(13(21)23-2)3-9(11(10)20)15-6-8(5-14)12-16-18-19-17-12/h3-4,6,15,20H,1-2H3,(H,16,17,18,19). The number of carbonyl (C=O) groups excluding carboxylic acids is 1. The topological polar surface area (TPSA) is 146 Å². The summed E-state index contributed by atoms with van der Waals surface area (Å²) in [5, 5.41) is 34.8. The number of allylic oxidation sites excluding steroid dienone is 1. The van der Waals surface area contributed by atoms with E-state index in [0.717, 1.165) is 0 Å². The Morgan fingerprint density at radius 1 is 1.48 bits per heavy atom. The van der Waals surface area contributed by atoms with E-state index >= 15 is 0 Å². The molecule has 118 valence electrons. The highest BCUT2D eigenvalue weighted by molar-refractivity contribution is 5.92. The average molecular weight is 316 g/mol. The minimum absolute atomic E-state index is 0.0700. The van der Waals surface area contributed by atoms with Crippen molar-refractivity contribution in [2.45, 2.75) is 0 Å².